The van der Waals surface area contributed by atoms with Gasteiger partial charge in [-0.1, -0.05) is 31.2 Å². The fourth-order valence-electron chi connectivity index (χ4n) is 2.73. The van der Waals surface area contributed by atoms with Crippen LogP contribution < -0.4 is 5.32 Å². The van der Waals surface area contributed by atoms with Crippen molar-refractivity contribution < 1.29 is 8.42 Å². The topological polar surface area (TPSA) is 49.4 Å². The molecule has 1 unspecified atom stereocenters. The van der Waals surface area contributed by atoms with Crippen LogP contribution in [0.4, 0.5) is 0 Å². The smallest absolute Gasteiger partial charge is 0.218 e. The average molecular weight is 296 g/mol. The Morgan fingerprint density at radius 1 is 1.35 bits per heavy atom. The van der Waals surface area contributed by atoms with Crippen LogP contribution in [0.5, 0.6) is 0 Å². The molecule has 1 atom stereocenters. The van der Waals surface area contributed by atoms with Gasteiger partial charge in [0.1, 0.15) is 0 Å². The first kappa shape index (κ1) is 15.5. The van der Waals surface area contributed by atoms with E-state index in [0.717, 1.165) is 30.5 Å². The Kier molecular flexibility index (Phi) is 5.18. The van der Waals surface area contributed by atoms with Gasteiger partial charge in [0.2, 0.25) is 10.0 Å². The zero-order valence-corrected chi connectivity index (χ0v) is 13.1. The number of sulfonamides is 1. The van der Waals surface area contributed by atoms with Crippen LogP contribution in [0.15, 0.2) is 24.3 Å². The summed E-state index contributed by atoms with van der Waals surface area (Å²) in [5.74, 6) is 0.575. The van der Waals surface area contributed by atoms with Crippen molar-refractivity contribution >= 4 is 10.0 Å². The van der Waals surface area contributed by atoms with Crippen LogP contribution in [-0.4, -0.2) is 32.9 Å². The van der Waals surface area contributed by atoms with Crippen molar-refractivity contribution in [3.8, 4) is 0 Å². The van der Waals surface area contributed by atoms with E-state index in [-0.39, 0.29) is 5.75 Å². The van der Waals surface area contributed by atoms with E-state index in [2.05, 4.69) is 12.2 Å². The van der Waals surface area contributed by atoms with E-state index in [1.54, 1.807) is 4.31 Å². The third-order valence-corrected chi connectivity index (χ3v) is 5.55. The minimum absolute atomic E-state index is 0.108. The molecule has 112 valence electrons. The van der Waals surface area contributed by atoms with Crippen LogP contribution in [-0.2, 0) is 22.3 Å². The molecule has 0 aliphatic carbocycles. The van der Waals surface area contributed by atoms with Crippen LogP contribution in [0.3, 0.4) is 0 Å². The van der Waals surface area contributed by atoms with Gasteiger partial charge in [-0.25, -0.2) is 12.7 Å². The normalized spacial score (nSPS) is 21.0. The summed E-state index contributed by atoms with van der Waals surface area (Å²) in [5.41, 5.74) is 1.99. The van der Waals surface area contributed by atoms with Gasteiger partial charge < -0.3 is 5.32 Å². The number of piperidine rings is 1. The molecule has 1 aromatic rings. The quantitative estimate of drug-likeness (QED) is 0.904. The van der Waals surface area contributed by atoms with Crippen LogP contribution in [0, 0.1) is 5.92 Å². The molecule has 0 bridgehead atoms. The maximum Gasteiger partial charge on any atom is 0.218 e. The van der Waals surface area contributed by atoms with Crippen LogP contribution in [0.2, 0.25) is 0 Å². The SMILES string of the molecule is CNCc1cccc(CS(=O)(=O)N2CCCC(C)C2)c1. The number of rotatable bonds is 5. The third-order valence-electron chi connectivity index (χ3n) is 3.73. The van der Waals surface area contributed by atoms with Gasteiger partial charge in [-0.2, -0.15) is 0 Å². The molecule has 1 N–H and O–H groups in total. The second-order valence-electron chi connectivity index (χ2n) is 5.71. The monoisotopic (exact) mass is 296 g/mol. The van der Waals surface area contributed by atoms with Crippen molar-refractivity contribution in [1.29, 1.82) is 0 Å². The van der Waals surface area contributed by atoms with Gasteiger partial charge in [-0.15, -0.1) is 0 Å². The lowest BCUT2D eigenvalue weighted by Gasteiger charge is -2.30. The molecule has 1 saturated heterocycles. The van der Waals surface area contributed by atoms with Crippen molar-refractivity contribution in [3.05, 3.63) is 35.4 Å². The van der Waals surface area contributed by atoms with E-state index >= 15 is 0 Å². The number of benzene rings is 1. The van der Waals surface area contributed by atoms with E-state index in [1.807, 2.05) is 31.3 Å². The molecule has 1 heterocycles. The highest BCUT2D eigenvalue weighted by atomic mass is 32.2. The molecule has 1 aromatic carbocycles. The summed E-state index contributed by atoms with van der Waals surface area (Å²) in [6.45, 7) is 4.21. The Hall–Kier alpha value is -0.910. The fourth-order valence-corrected chi connectivity index (χ4v) is 4.41. The first-order chi connectivity index (χ1) is 9.51. The molecular formula is C15H24N2O2S. The summed E-state index contributed by atoms with van der Waals surface area (Å²) in [4.78, 5) is 0. The minimum atomic E-state index is -3.19. The van der Waals surface area contributed by atoms with E-state index in [0.29, 0.717) is 19.0 Å². The van der Waals surface area contributed by atoms with Gasteiger partial charge in [-0.3, -0.25) is 0 Å². The summed E-state index contributed by atoms with van der Waals surface area (Å²) in [6.07, 6.45) is 2.10. The van der Waals surface area contributed by atoms with Crippen LogP contribution in [0.1, 0.15) is 30.9 Å². The minimum Gasteiger partial charge on any atom is -0.316 e. The molecule has 0 aromatic heterocycles. The summed E-state index contributed by atoms with van der Waals surface area (Å²) >= 11 is 0. The third kappa shape index (κ3) is 4.04. The maximum absolute atomic E-state index is 12.5. The first-order valence-corrected chi connectivity index (χ1v) is 8.82. The maximum atomic E-state index is 12.5. The molecule has 1 fully saturated rings. The predicted molar refractivity (Wildman–Crippen MR) is 81.8 cm³/mol. The lowest BCUT2D eigenvalue weighted by atomic mass is 10.0. The molecule has 20 heavy (non-hydrogen) atoms. The number of nitrogens with zero attached hydrogens (tertiary/aromatic N) is 1. The lowest BCUT2D eigenvalue weighted by Crippen LogP contribution is -2.39. The van der Waals surface area contributed by atoms with Crippen molar-refractivity contribution in [1.82, 2.24) is 9.62 Å². The van der Waals surface area contributed by atoms with E-state index < -0.39 is 10.0 Å². The molecule has 1 aliphatic heterocycles. The standard InChI is InChI=1S/C15H24N2O2S/c1-13-5-4-8-17(11-13)20(18,19)12-15-7-3-6-14(9-15)10-16-2/h3,6-7,9,13,16H,4-5,8,10-12H2,1-2H3. The molecule has 4 nitrogen and oxygen atoms in total. The van der Waals surface area contributed by atoms with Gasteiger partial charge in [-0.05, 0) is 36.9 Å². The molecule has 0 amide bonds. The summed E-state index contributed by atoms with van der Waals surface area (Å²) in [6, 6.07) is 7.80. The van der Waals surface area contributed by atoms with E-state index in [1.165, 1.54) is 0 Å². The van der Waals surface area contributed by atoms with Gasteiger partial charge in [0.25, 0.3) is 0 Å². The summed E-state index contributed by atoms with van der Waals surface area (Å²) in [7, 11) is -1.30. The van der Waals surface area contributed by atoms with E-state index in [9.17, 15) is 8.42 Å². The first-order valence-electron chi connectivity index (χ1n) is 7.21. The zero-order valence-electron chi connectivity index (χ0n) is 12.3. The molecule has 5 heteroatoms. The Bertz CT molecular complexity index is 543. The number of nitrogens with one attached hydrogen (secondary N) is 1. The summed E-state index contributed by atoms with van der Waals surface area (Å²) in [5, 5.41) is 3.08. The molecule has 0 saturated carbocycles. The van der Waals surface area contributed by atoms with Gasteiger partial charge in [0, 0.05) is 19.6 Å². The van der Waals surface area contributed by atoms with Gasteiger partial charge in [0.05, 0.1) is 5.75 Å². The molecule has 0 spiro atoms. The van der Waals surface area contributed by atoms with Crippen molar-refractivity contribution in [2.24, 2.45) is 5.92 Å². The van der Waals surface area contributed by atoms with E-state index in [4.69, 9.17) is 0 Å². The Balaban J connectivity index is 2.09. The Labute approximate surface area is 122 Å². The van der Waals surface area contributed by atoms with Gasteiger partial charge >= 0.3 is 0 Å². The Morgan fingerprint density at radius 3 is 2.80 bits per heavy atom. The highest BCUT2D eigenvalue weighted by molar-refractivity contribution is 7.88. The zero-order chi connectivity index (χ0) is 14.6. The number of hydrogen-bond acceptors (Lipinski definition) is 3. The molecule has 2 rings (SSSR count). The van der Waals surface area contributed by atoms with Gasteiger partial charge in [0.15, 0.2) is 0 Å². The van der Waals surface area contributed by atoms with Crippen molar-refractivity contribution in [3.63, 3.8) is 0 Å². The van der Waals surface area contributed by atoms with Crippen molar-refractivity contribution in [2.45, 2.75) is 32.1 Å². The molecule has 1 aliphatic rings. The fraction of sp³-hybridized carbons (Fsp3) is 0.600. The average Bonchev–Trinajstić information content (AvgIpc) is 2.39. The highest BCUT2D eigenvalue weighted by Gasteiger charge is 2.27. The lowest BCUT2D eigenvalue weighted by molar-refractivity contribution is 0.281. The number of hydrogen-bond donors (Lipinski definition) is 1. The predicted octanol–water partition coefficient (Wildman–Crippen LogP) is 1.97. The molecular weight excluding hydrogens is 272 g/mol. The second kappa shape index (κ2) is 6.70. The highest BCUT2D eigenvalue weighted by Crippen LogP contribution is 2.21. The largest absolute Gasteiger partial charge is 0.316 e. The van der Waals surface area contributed by atoms with Crippen LogP contribution >= 0.6 is 0 Å². The van der Waals surface area contributed by atoms with Crippen LogP contribution in [0.25, 0.3) is 0 Å². The van der Waals surface area contributed by atoms with Crippen molar-refractivity contribution in [2.75, 3.05) is 20.1 Å². The molecule has 0 radical (unpaired) electrons. The Morgan fingerprint density at radius 2 is 2.10 bits per heavy atom. The summed E-state index contributed by atoms with van der Waals surface area (Å²) < 4.78 is 26.6. The second-order valence-corrected chi connectivity index (χ2v) is 7.68.